The molecule has 0 bridgehead atoms. The van der Waals surface area contributed by atoms with E-state index in [1.807, 2.05) is 13.8 Å². The predicted octanol–water partition coefficient (Wildman–Crippen LogP) is 2.42. The lowest BCUT2D eigenvalue weighted by atomic mass is 10.1. The molecule has 27 heavy (non-hydrogen) atoms. The molecule has 0 aromatic heterocycles. The minimum atomic E-state index is -3.99. The first-order chi connectivity index (χ1) is 12.5. The van der Waals surface area contributed by atoms with Crippen molar-refractivity contribution in [1.82, 2.24) is 5.32 Å². The lowest BCUT2D eigenvalue weighted by Crippen LogP contribution is -2.32. The lowest BCUT2D eigenvalue weighted by Gasteiger charge is -2.15. The van der Waals surface area contributed by atoms with Gasteiger partial charge in [-0.3, -0.25) is 9.52 Å². The van der Waals surface area contributed by atoms with Gasteiger partial charge >= 0.3 is 0 Å². The van der Waals surface area contributed by atoms with Crippen molar-refractivity contribution >= 4 is 31.5 Å². The van der Waals surface area contributed by atoms with Crippen LogP contribution in [0.4, 0.5) is 5.69 Å². The van der Waals surface area contributed by atoms with Crippen LogP contribution in [0.2, 0.25) is 0 Å². The summed E-state index contributed by atoms with van der Waals surface area (Å²) < 4.78 is 50.7. The second-order valence-electron chi connectivity index (χ2n) is 6.18. The molecule has 1 amide bonds. The van der Waals surface area contributed by atoms with Crippen molar-refractivity contribution in [3.8, 4) is 0 Å². The fraction of sp³-hybridized carbons (Fsp3) is 0.278. The van der Waals surface area contributed by atoms with Gasteiger partial charge in [0, 0.05) is 12.3 Å². The molecule has 0 fully saturated rings. The summed E-state index contributed by atoms with van der Waals surface area (Å²) in [6, 6.07) is 11.1. The van der Waals surface area contributed by atoms with Crippen LogP contribution in [0.15, 0.2) is 58.3 Å². The normalized spacial score (nSPS) is 13.0. The first-order valence-electron chi connectivity index (χ1n) is 8.27. The van der Waals surface area contributed by atoms with Gasteiger partial charge in [-0.05, 0) is 49.7 Å². The average Bonchev–Trinajstić information content (AvgIpc) is 2.61. The Labute approximate surface area is 159 Å². The lowest BCUT2D eigenvalue weighted by molar-refractivity contribution is 0.0940. The van der Waals surface area contributed by atoms with Crippen molar-refractivity contribution in [1.29, 1.82) is 0 Å². The first-order valence-corrected chi connectivity index (χ1v) is 11.6. The minimum absolute atomic E-state index is 0.0229. The Bertz CT molecular complexity index is 1030. The van der Waals surface area contributed by atoms with Crippen molar-refractivity contribution in [2.24, 2.45) is 0 Å². The van der Waals surface area contributed by atoms with Crippen molar-refractivity contribution in [3.05, 3.63) is 54.1 Å². The Morgan fingerprint density at radius 3 is 2.07 bits per heavy atom. The standard InChI is InChI=1S/C18H22N2O5S2/c1-4-13(2)19-18(21)16-7-5-6-8-17(16)20-27(24,25)15-11-9-14(10-12-15)26(3,22)23/h5-13,20H,4H2,1-3H3,(H,19,21)/t13-/m1/s1. The summed E-state index contributed by atoms with van der Waals surface area (Å²) in [5, 5.41) is 2.80. The van der Waals surface area contributed by atoms with Crippen molar-refractivity contribution in [3.63, 3.8) is 0 Å². The summed E-state index contributed by atoms with van der Waals surface area (Å²) in [6.07, 6.45) is 1.78. The van der Waals surface area contributed by atoms with Crippen LogP contribution in [0.25, 0.3) is 0 Å². The molecule has 2 N–H and O–H groups in total. The van der Waals surface area contributed by atoms with E-state index in [0.717, 1.165) is 12.7 Å². The van der Waals surface area contributed by atoms with E-state index in [-0.39, 0.29) is 33.0 Å². The van der Waals surface area contributed by atoms with Crippen LogP contribution in [0.1, 0.15) is 30.6 Å². The van der Waals surface area contributed by atoms with Gasteiger partial charge < -0.3 is 5.32 Å². The highest BCUT2D eigenvalue weighted by Crippen LogP contribution is 2.21. The maximum Gasteiger partial charge on any atom is 0.261 e. The number of sulfone groups is 1. The van der Waals surface area contributed by atoms with E-state index in [4.69, 9.17) is 0 Å². The number of carbonyl (C=O) groups is 1. The molecule has 2 rings (SSSR count). The van der Waals surface area contributed by atoms with E-state index in [0.29, 0.717) is 0 Å². The average molecular weight is 411 g/mol. The summed E-state index contributed by atoms with van der Waals surface area (Å²) in [5.74, 6) is -0.380. The van der Waals surface area contributed by atoms with E-state index >= 15 is 0 Å². The molecule has 2 aromatic rings. The Morgan fingerprint density at radius 2 is 1.52 bits per heavy atom. The van der Waals surface area contributed by atoms with E-state index in [1.54, 1.807) is 12.1 Å². The Kier molecular flexibility index (Phi) is 6.27. The number of hydrogen-bond donors (Lipinski definition) is 2. The van der Waals surface area contributed by atoms with Gasteiger partial charge in [-0.2, -0.15) is 0 Å². The first kappa shape index (κ1) is 20.9. The topological polar surface area (TPSA) is 109 Å². The van der Waals surface area contributed by atoms with Crippen LogP contribution in [0, 0.1) is 0 Å². The molecule has 2 aromatic carbocycles. The molecule has 0 unspecified atom stereocenters. The highest BCUT2D eigenvalue weighted by atomic mass is 32.2. The number of sulfonamides is 1. The predicted molar refractivity (Wildman–Crippen MR) is 104 cm³/mol. The summed E-state index contributed by atoms with van der Waals surface area (Å²) >= 11 is 0. The van der Waals surface area contributed by atoms with E-state index in [1.165, 1.54) is 36.4 Å². The minimum Gasteiger partial charge on any atom is -0.350 e. The maximum atomic E-state index is 12.6. The van der Waals surface area contributed by atoms with Crippen LogP contribution < -0.4 is 10.0 Å². The number of nitrogens with one attached hydrogen (secondary N) is 2. The fourth-order valence-corrected chi connectivity index (χ4v) is 3.95. The van der Waals surface area contributed by atoms with E-state index in [2.05, 4.69) is 10.0 Å². The number of benzene rings is 2. The van der Waals surface area contributed by atoms with Crippen LogP contribution in [0.3, 0.4) is 0 Å². The molecule has 0 saturated heterocycles. The van der Waals surface area contributed by atoms with Gasteiger partial charge in [0.1, 0.15) is 0 Å². The third-order valence-electron chi connectivity index (χ3n) is 3.97. The number of rotatable bonds is 7. The van der Waals surface area contributed by atoms with Crippen molar-refractivity contribution in [2.45, 2.75) is 36.1 Å². The number of hydrogen-bond acceptors (Lipinski definition) is 5. The zero-order valence-electron chi connectivity index (χ0n) is 15.3. The molecule has 0 aliphatic rings. The molecule has 9 heteroatoms. The van der Waals surface area contributed by atoms with Crippen LogP contribution in [-0.2, 0) is 19.9 Å². The molecule has 0 aliphatic heterocycles. The van der Waals surface area contributed by atoms with Gasteiger partial charge in [-0.15, -0.1) is 0 Å². The molecule has 0 heterocycles. The summed E-state index contributed by atoms with van der Waals surface area (Å²) in [7, 11) is -7.41. The largest absolute Gasteiger partial charge is 0.350 e. The van der Waals surface area contributed by atoms with Gasteiger partial charge in [0.15, 0.2) is 9.84 Å². The monoisotopic (exact) mass is 410 g/mol. The fourth-order valence-electron chi connectivity index (χ4n) is 2.24. The van der Waals surface area contributed by atoms with E-state index in [9.17, 15) is 21.6 Å². The van der Waals surface area contributed by atoms with Gasteiger partial charge in [0.2, 0.25) is 0 Å². The Balaban J connectivity index is 2.32. The number of anilines is 1. The zero-order valence-corrected chi connectivity index (χ0v) is 16.9. The highest BCUT2D eigenvalue weighted by Gasteiger charge is 2.20. The van der Waals surface area contributed by atoms with Crippen molar-refractivity contribution < 1.29 is 21.6 Å². The molecule has 0 saturated carbocycles. The summed E-state index contributed by atoms with van der Waals surface area (Å²) in [6.45, 7) is 3.79. The highest BCUT2D eigenvalue weighted by molar-refractivity contribution is 7.92. The second kappa shape index (κ2) is 8.10. The zero-order chi connectivity index (χ0) is 20.2. The number of para-hydroxylation sites is 1. The molecular weight excluding hydrogens is 388 g/mol. The summed E-state index contributed by atoms with van der Waals surface area (Å²) in [5.41, 5.74) is 0.347. The quantitative estimate of drug-likeness (QED) is 0.728. The SMILES string of the molecule is CC[C@@H](C)NC(=O)c1ccccc1NS(=O)(=O)c1ccc(S(C)(=O)=O)cc1. The molecule has 7 nitrogen and oxygen atoms in total. The number of carbonyl (C=O) groups excluding carboxylic acids is 1. The summed E-state index contributed by atoms with van der Waals surface area (Å²) in [4.78, 5) is 12.3. The van der Waals surface area contributed by atoms with Gasteiger partial charge in [-0.25, -0.2) is 16.8 Å². The van der Waals surface area contributed by atoms with Crippen LogP contribution in [-0.4, -0.2) is 35.0 Å². The number of amides is 1. The molecule has 1 atom stereocenters. The van der Waals surface area contributed by atoms with Gasteiger partial charge in [0.25, 0.3) is 15.9 Å². The molecule has 0 radical (unpaired) electrons. The second-order valence-corrected chi connectivity index (χ2v) is 9.88. The third kappa shape index (κ3) is 5.30. The maximum absolute atomic E-state index is 12.6. The van der Waals surface area contributed by atoms with Crippen molar-refractivity contribution in [2.75, 3.05) is 11.0 Å². The molecular formula is C18H22N2O5S2. The van der Waals surface area contributed by atoms with Crippen LogP contribution >= 0.6 is 0 Å². The molecule has 146 valence electrons. The third-order valence-corrected chi connectivity index (χ3v) is 6.48. The van der Waals surface area contributed by atoms with Gasteiger partial charge in [-0.1, -0.05) is 19.1 Å². The smallest absolute Gasteiger partial charge is 0.261 e. The Hall–Kier alpha value is -2.39. The van der Waals surface area contributed by atoms with Gasteiger partial charge in [0.05, 0.1) is 21.0 Å². The van der Waals surface area contributed by atoms with Crippen LogP contribution in [0.5, 0.6) is 0 Å². The van der Waals surface area contributed by atoms with E-state index < -0.39 is 19.9 Å². The molecule has 0 spiro atoms. The Morgan fingerprint density at radius 1 is 0.963 bits per heavy atom. The molecule has 0 aliphatic carbocycles.